The maximum atomic E-state index is 8.48. The minimum Gasteiger partial charge on any atom is -0.598 e. The first-order valence-corrected chi connectivity index (χ1v) is 5.48. The summed E-state index contributed by atoms with van der Waals surface area (Å²) in [6.45, 7) is 0. The Morgan fingerprint density at radius 1 is 0.407 bits per heavy atom. The van der Waals surface area contributed by atoms with Crippen molar-refractivity contribution < 1.29 is 49.1 Å². The first-order valence-electron chi connectivity index (χ1n) is 3.29. The van der Waals surface area contributed by atoms with E-state index in [4.69, 9.17) is 90.0 Å². The van der Waals surface area contributed by atoms with Gasteiger partial charge in [0.2, 0.25) is 0 Å². The Morgan fingerprint density at radius 3 is 0.407 bits per heavy atom. The van der Waals surface area contributed by atoms with Crippen LogP contribution in [0, 0.1) is 61.3 Å². The van der Waals surface area contributed by atoms with Gasteiger partial charge in [0.25, 0.3) is 16.5 Å². The van der Waals surface area contributed by atoms with Crippen molar-refractivity contribution >= 4 is 130 Å². The topological polar surface area (TPSA) is 391 Å². The molecule has 0 spiro atoms. The molecule has 0 N–H and O–H groups in total. The predicted molar refractivity (Wildman–Crippen MR) is 73.9 cm³/mol. The van der Waals surface area contributed by atoms with Gasteiger partial charge in [-0.1, -0.05) is 9.13 Å². The summed E-state index contributed by atoms with van der Waals surface area (Å²) >= 11 is 0. The van der Waals surface area contributed by atoms with Crippen LogP contribution in [0.5, 0.6) is 0 Å². The predicted octanol–water partition coefficient (Wildman–Crippen LogP) is -5.37. The van der Waals surface area contributed by atoms with Crippen LogP contribution in [0.2, 0.25) is 0 Å². The average Bonchev–Trinajstić information content (AvgIpc) is 2.08. The summed E-state index contributed by atoms with van der Waals surface area (Å²) in [7, 11) is -6.74. The standard InChI is InChI=1S/3Ca.4NO3.2HO3P/c;;;4*2-1(3)4;2*1-4(2)3/h;;;;;;;2*(H,1,2,3)/q3*+2;4*-1;;/p-2. The molecule has 0 aliphatic rings. The summed E-state index contributed by atoms with van der Waals surface area (Å²) in [5.41, 5.74) is 0. The molecule has 0 aliphatic heterocycles. The second-order valence-corrected chi connectivity index (χ2v) is 2.24. The molecule has 0 saturated carbocycles. The fourth-order valence-electron chi connectivity index (χ4n) is 0. The third-order valence-corrected chi connectivity index (χ3v) is 0. The molecule has 27 heavy (non-hydrogen) atoms. The fraction of sp³-hybridized carbons (Fsp3) is 0. The van der Waals surface area contributed by atoms with E-state index in [0.29, 0.717) is 0 Å². The summed E-state index contributed by atoms with van der Waals surface area (Å²) in [4.78, 5) is 66.9. The van der Waals surface area contributed by atoms with Gasteiger partial charge in [-0.25, -0.2) is 0 Å². The fourth-order valence-corrected chi connectivity index (χ4v) is 0. The first kappa shape index (κ1) is 56.5. The van der Waals surface area contributed by atoms with Crippen LogP contribution < -0.4 is 19.6 Å². The second kappa shape index (κ2) is 50.4. The quantitative estimate of drug-likeness (QED) is 0.123. The van der Waals surface area contributed by atoms with Crippen molar-refractivity contribution in [2.75, 3.05) is 0 Å². The number of hydrogen-bond acceptors (Lipinski definition) is 18. The van der Waals surface area contributed by atoms with Crippen molar-refractivity contribution in [1.82, 2.24) is 0 Å². The summed E-state index contributed by atoms with van der Waals surface area (Å²) in [6, 6.07) is 0. The van der Waals surface area contributed by atoms with Crippen molar-refractivity contribution in [2.24, 2.45) is 0 Å². The van der Waals surface area contributed by atoms with Crippen LogP contribution in [0.25, 0.3) is 0 Å². The van der Waals surface area contributed by atoms with E-state index < -0.39 is 36.9 Å². The summed E-state index contributed by atoms with van der Waals surface area (Å²) < 4.78 is 17.0. The van der Waals surface area contributed by atoms with Crippen LogP contribution in [0.15, 0.2) is 0 Å². The smallest absolute Gasteiger partial charge is 0.598 e. The van der Waals surface area contributed by atoms with E-state index in [1.807, 2.05) is 0 Å². The van der Waals surface area contributed by atoms with Crippen molar-refractivity contribution in [3.05, 3.63) is 61.3 Å². The van der Waals surface area contributed by atoms with Gasteiger partial charge < -0.3 is 80.9 Å². The molecule has 0 bridgehead atoms. The Hall–Kier alpha value is 0.619. The Labute approximate surface area is 236 Å². The third kappa shape index (κ3) is 42100. The van der Waals surface area contributed by atoms with E-state index in [0.717, 1.165) is 0 Å². The Kier molecular flexibility index (Phi) is 105. The van der Waals surface area contributed by atoms with Gasteiger partial charge in [0.1, 0.15) is 0 Å². The Balaban J connectivity index is -0.0000000201. The molecule has 144 valence electrons. The molecule has 0 rings (SSSR count). The van der Waals surface area contributed by atoms with E-state index in [2.05, 4.69) is 0 Å². The number of rotatable bonds is 0. The SMILES string of the molecule is O=[N+]([O-])[O-].O=[N+]([O-])[O-].O=[N+]([O-])[O-].O=[N+]([O-])[O-].O=[P+]([O-])[O-].O=[P+]([O-])[O-].[Ca+2].[Ca+2].[Ca+2]. The van der Waals surface area contributed by atoms with Crippen molar-refractivity contribution in [1.29, 1.82) is 0 Å². The third-order valence-electron chi connectivity index (χ3n) is 0. The largest absolute Gasteiger partial charge is 2.00 e. The molecule has 0 radical (unpaired) electrons. The molecule has 0 heterocycles. The van der Waals surface area contributed by atoms with E-state index in [9.17, 15) is 0 Å². The molecule has 27 heteroatoms. The summed E-state index contributed by atoms with van der Waals surface area (Å²) in [5, 5.41) is 59.0. The zero-order chi connectivity index (χ0) is 21.5. The van der Waals surface area contributed by atoms with E-state index in [-0.39, 0.29) is 113 Å². The molecule has 0 fully saturated rings. The molecule has 0 aromatic heterocycles. The van der Waals surface area contributed by atoms with Gasteiger partial charge in [0.15, 0.2) is 0 Å². The zero-order valence-electron chi connectivity index (χ0n) is 12.2. The summed E-state index contributed by atoms with van der Waals surface area (Å²) in [5.74, 6) is 0. The minimum atomic E-state index is -3.37. The maximum Gasteiger partial charge on any atom is 2.00 e. The Morgan fingerprint density at radius 2 is 0.407 bits per heavy atom. The van der Waals surface area contributed by atoms with E-state index in [1.165, 1.54) is 0 Å². The van der Waals surface area contributed by atoms with Crippen LogP contribution in [0.4, 0.5) is 0 Å². The first-order chi connectivity index (χ1) is 10.4. The van der Waals surface area contributed by atoms with Crippen molar-refractivity contribution in [3.63, 3.8) is 0 Å². The van der Waals surface area contributed by atoms with Crippen LogP contribution in [-0.4, -0.2) is 134 Å². The van der Waals surface area contributed by atoms with Crippen LogP contribution in [0.1, 0.15) is 0 Å². The van der Waals surface area contributed by atoms with Gasteiger partial charge in [0.05, 0.1) is 20.3 Å². The zero-order valence-corrected chi connectivity index (χ0v) is 20.6. The molecule has 0 unspecified atom stereocenters. The maximum absolute atomic E-state index is 8.48. The summed E-state index contributed by atoms with van der Waals surface area (Å²) in [6.07, 6.45) is 0. The van der Waals surface area contributed by atoms with Gasteiger partial charge in [-0.05, 0) is 0 Å². The van der Waals surface area contributed by atoms with Gasteiger partial charge in [-0.3, -0.25) is 0 Å². The minimum absolute atomic E-state index is 0. The van der Waals surface area contributed by atoms with Gasteiger partial charge in [-0.15, -0.1) is 0 Å². The van der Waals surface area contributed by atoms with Crippen molar-refractivity contribution in [3.8, 4) is 0 Å². The molecule has 0 aromatic carbocycles. The van der Waals surface area contributed by atoms with Crippen LogP contribution in [-0.2, 0) is 9.13 Å². The monoisotopic (exact) mass is 526 g/mol. The second-order valence-electron chi connectivity index (χ2n) is 1.34. The van der Waals surface area contributed by atoms with Gasteiger partial charge in [-0.2, -0.15) is 0 Å². The van der Waals surface area contributed by atoms with E-state index in [1.54, 1.807) is 0 Å². The average molecular weight is 526 g/mol. The van der Waals surface area contributed by atoms with Crippen LogP contribution in [0.3, 0.4) is 0 Å². The normalized spacial score (nSPS) is 5.48. The molecule has 0 atom stereocenters. The van der Waals surface area contributed by atoms with Gasteiger partial charge >= 0.3 is 113 Å². The van der Waals surface area contributed by atoms with E-state index >= 15 is 0 Å². The molecule has 0 aromatic rings. The molecule has 0 amide bonds. The molecule has 0 saturated heterocycles. The number of nitrogens with zero attached hydrogens (tertiary/aromatic N) is 4. The van der Waals surface area contributed by atoms with Crippen LogP contribution >= 0.6 is 16.5 Å². The molecule has 0 aliphatic carbocycles. The van der Waals surface area contributed by atoms with Gasteiger partial charge in [0, 0.05) is 0 Å². The molecular weight excluding hydrogens is 526 g/mol. The number of hydrogen-bond donors (Lipinski definition) is 0. The van der Waals surface area contributed by atoms with Crippen molar-refractivity contribution in [2.45, 2.75) is 0 Å². The molecular formula is Ca3N4O18P2. The Bertz CT molecular complexity index is 270. The molecule has 22 nitrogen and oxygen atoms in total.